The summed E-state index contributed by atoms with van der Waals surface area (Å²) in [6.07, 6.45) is 1.16. The van der Waals surface area contributed by atoms with E-state index in [1.54, 1.807) is 0 Å². The van der Waals surface area contributed by atoms with E-state index >= 15 is 0 Å². The molecule has 2 unspecified atom stereocenters. The van der Waals surface area contributed by atoms with Crippen LogP contribution in [-0.4, -0.2) is 50.8 Å². The standard InChI is InChI=1S/C13H28N2O/c1-5-14-13-6-7-16-10-12(13)9-15(4)8-11(2)3/h11-14H,5-10H2,1-4H3. The Morgan fingerprint density at radius 1 is 1.44 bits per heavy atom. The third-order valence-corrected chi connectivity index (χ3v) is 3.16. The number of hydrogen-bond donors (Lipinski definition) is 1. The van der Waals surface area contributed by atoms with Crippen LogP contribution in [-0.2, 0) is 4.74 Å². The van der Waals surface area contributed by atoms with Gasteiger partial charge in [0.2, 0.25) is 0 Å². The molecule has 1 heterocycles. The lowest BCUT2D eigenvalue weighted by Gasteiger charge is -2.35. The molecule has 0 saturated carbocycles. The van der Waals surface area contributed by atoms with Crippen molar-refractivity contribution in [2.45, 2.75) is 33.2 Å². The molecule has 1 fully saturated rings. The number of rotatable bonds is 6. The maximum atomic E-state index is 5.60. The highest BCUT2D eigenvalue weighted by Gasteiger charge is 2.25. The van der Waals surface area contributed by atoms with Crippen LogP contribution in [0.3, 0.4) is 0 Å². The zero-order valence-corrected chi connectivity index (χ0v) is 11.3. The molecule has 0 aliphatic carbocycles. The highest BCUT2D eigenvalue weighted by Crippen LogP contribution is 2.16. The minimum atomic E-state index is 0.647. The Morgan fingerprint density at radius 3 is 2.81 bits per heavy atom. The first-order valence-electron chi connectivity index (χ1n) is 6.63. The van der Waals surface area contributed by atoms with Crippen LogP contribution in [0.1, 0.15) is 27.2 Å². The van der Waals surface area contributed by atoms with Gasteiger partial charge in [0.15, 0.2) is 0 Å². The van der Waals surface area contributed by atoms with E-state index in [2.05, 4.69) is 38.0 Å². The topological polar surface area (TPSA) is 24.5 Å². The van der Waals surface area contributed by atoms with Crippen molar-refractivity contribution in [2.75, 3.05) is 39.9 Å². The van der Waals surface area contributed by atoms with Gasteiger partial charge in [0.25, 0.3) is 0 Å². The van der Waals surface area contributed by atoms with Crippen molar-refractivity contribution in [3.05, 3.63) is 0 Å². The molecule has 0 spiro atoms. The van der Waals surface area contributed by atoms with Crippen LogP contribution in [0.5, 0.6) is 0 Å². The van der Waals surface area contributed by atoms with Gasteiger partial charge < -0.3 is 15.0 Å². The molecule has 1 N–H and O–H groups in total. The van der Waals surface area contributed by atoms with Crippen LogP contribution < -0.4 is 5.32 Å². The Hall–Kier alpha value is -0.120. The van der Waals surface area contributed by atoms with Crippen molar-refractivity contribution in [1.29, 1.82) is 0 Å². The predicted molar refractivity (Wildman–Crippen MR) is 68.7 cm³/mol. The Bertz CT molecular complexity index is 183. The SMILES string of the molecule is CCNC1CCOCC1CN(C)CC(C)C. The Kier molecular flexibility index (Phi) is 6.32. The molecule has 3 heteroatoms. The van der Waals surface area contributed by atoms with E-state index in [0.717, 1.165) is 38.6 Å². The number of nitrogens with zero attached hydrogens (tertiary/aromatic N) is 1. The average Bonchev–Trinajstić information content (AvgIpc) is 2.20. The second kappa shape index (κ2) is 7.25. The van der Waals surface area contributed by atoms with Gasteiger partial charge in [-0.3, -0.25) is 0 Å². The summed E-state index contributed by atoms with van der Waals surface area (Å²) in [5.74, 6) is 1.39. The second-order valence-electron chi connectivity index (χ2n) is 5.40. The zero-order chi connectivity index (χ0) is 12.0. The van der Waals surface area contributed by atoms with E-state index in [-0.39, 0.29) is 0 Å². The molecule has 0 radical (unpaired) electrons. The second-order valence-corrected chi connectivity index (χ2v) is 5.40. The largest absolute Gasteiger partial charge is 0.381 e. The molecule has 0 aromatic heterocycles. The molecule has 0 aromatic carbocycles. The van der Waals surface area contributed by atoms with Crippen LogP contribution >= 0.6 is 0 Å². The van der Waals surface area contributed by atoms with E-state index in [4.69, 9.17) is 4.74 Å². The van der Waals surface area contributed by atoms with Crippen molar-refractivity contribution in [3.63, 3.8) is 0 Å². The lowest BCUT2D eigenvalue weighted by atomic mass is 9.95. The Balaban J connectivity index is 2.36. The summed E-state index contributed by atoms with van der Waals surface area (Å²) in [7, 11) is 2.22. The summed E-state index contributed by atoms with van der Waals surface area (Å²) >= 11 is 0. The number of ether oxygens (including phenoxy) is 1. The summed E-state index contributed by atoms with van der Waals surface area (Å²) < 4.78 is 5.60. The van der Waals surface area contributed by atoms with Crippen LogP contribution in [0.4, 0.5) is 0 Å². The minimum absolute atomic E-state index is 0.647. The molecule has 16 heavy (non-hydrogen) atoms. The fourth-order valence-corrected chi connectivity index (χ4v) is 2.61. The first-order valence-corrected chi connectivity index (χ1v) is 6.63. The smallest absolute Gasteiger partial charge is 0.0521 e. The molecule has 3 nitrogen and oxygen atoms in total. The van der Waals surface area contributed by atoms with E-state index in [1.807, 2.05) is 0 Å². The van der Waals surface area contributed by atoms with Gasteiger partial charge in [-0.15, -0.1) is 0 Å². The van der Waals surface area contributed by atoms with Crippen LogP contribution in [0.2, 0.25) is 0 Å². The van der Waals surface area contributed by atoms with Gasteiger partial charge in [0.1, 0.15) is 0 Å². The molecule has 1 saturated heterocycles. The van der Waals surface area contributed by atoms with E-state index in [9.17, 15) is 0 Å². The fraction of sp³-hybridized carbons (Fsp3) is 1.00. The summed E-state index contributed by atoms with van der Waals surface area (Å²) in [4.78, 5) is 2.44. The predicted octanol–water partition coefficient (Wildman–Crippen LogP) is 1.59. The van der Waals surface area contributed by atoms with Crippen molar-refractivity contribution < 1.29 is 4.74 Å². The molecule has 0 bridgehead atoms. The molecule has 1 rings (SSSR count). The highest BCUT2D eigenvalue weighted by atomic mass is 16.5. The molecule has 96 valence electrons. The van der Waals surface area contributed by atoms with Gasteiger partial charge in [-0.2, -0.15) is 0 Å². The Labute approximate surface area is 101 Å². The maximum absolute atomic E-state index is 5.60. The van der Waals surface area contributed by atoms with Crippen LogP contribution in [0, 0.1) is 11.8 Å². The third-order valence-electron chi connectivity index (χ3n) is 3.16. The summed E-state index contributed by atoms with van der Waals surface area (Å²) in [5.41, 5.74) is 0. The molecule has 0 aromatic rings. The zero-order valence-electron chi connectivity index (χ0n) is 11.3. The summed E-state index contributed by atoms with van der Waals surface area (Å²) in [6, 6.07) is 0.647. The van der Waals surface area contributed by atoms with Crippen LogP contribution in [0.25, 0.3) is 0 Å². The van der Waals surface area contributed by atoms with Crippen molar-refractivity contribution in [3.8, 4) is 0 Å². The van der Waals surface area contributed by atoms with Gasteiger partial charge in [0, 0.05) is 31.7 Å². The average molecular weight is 228 g/mol. The van der Waals surface area contributed by atoms with E-state index in [1.165, 1.54) is 6.54 Å². The normalized spacial score (nSPS) is 26.6. The molecular weight excluding hydrogens is 200 g/mol. The summed E-state index contributed by atoms with van der Waals surface area (Å²) in [5, 5.41) is 3.59. The van der Waals surface area contributed by atoms with Crippen molar-refractivity contribution >= 4 is 0 Å². The number of nitrogens with one attached hydrogen (secondary N) is 1. The Morgan fingerprint density at radius 2 is 2.19 bits per heavy atom. The van der Waals surface area contributed by atoms with E-state index < -0.39 is 0 Å². The van der Waals surface area contributed by atoms with Gasteiger partial charge >= 0.3 is 0 Å². The van der Waals surface area contributed by atoms with Gasteiger partial charge in [0.05, 0.1) is 6.61 Å². The van der Waals surface area contributed by atoms with Gasteiger partial charge in [-0.1, -0.05) is 20.8 Å². The van der Waals surface area contributed by atoms with Gasteiger partial charge in [-0.05, 0) is 25.9 Å². The van der Waals surface area contributed by atoms with Gasteiger partial charge in [-0.25, -0.2) is 0 Å². The maximum Gasteiger partial charge on any atom is 0.0521 e. The first kappa shape index (κ1) is 13.9. The van der Waals surface area contributed by atoms with Crippen molar-refractivity contribution in [1.82, 2.24) is 10.2 Å². The first-order chi connectivity index (χ1) is 7.63. The number of hydrogen-bond acceptors (Lipinski definition) is 3. The van der Waals surface area contributed by atoms with Crippen molar-refractivity contribution in [2.24, 2.45) is 11.8 Å². The molecule has 0 amide bonds. The molecule has 2 atom stereocenters. The molecular formula is C13H28N2O. The lowest BCUT2D eigenvalue weighted by Crippen LogP contribution is -2.47. The molecule has 1 aliphatic heterocycles. The quantitative estimate of drug-likeness (QED) is 0.747. The molecule has 1 aliphatic rings. The summed E-state index contributed by atoms with van der Waals surface area (Å²) in [6.45, 7) is 12.0. The van der Waals surface area contributed by atoms with Crippen LogP contribution in [0.15, 0.2) is 0 Å². The fourth-order valence-electron chi connectivity index (χ4n) is 2.61. The minimum Gasteiger partial charge on any atom is -0.381 e. The third kappa shape index (κ3) is 4.81. The highest BCUT2D eigenvalue weighted by molar-refractivity contribution is 4.81. The monoisotopic (exact) mass is 228 g/mol. The lowest BCUT2D eigenvalue weighted by molar-refractivity contribution is 0.0190. The van der Waals surface area contributed by atoms with E-state index in [0.29, 0.717) is 12.0 Å².